The summed E-state index contributed by atoms with van der Waals surface area (Å²) in [5.41, 5.74) is 4.19. The molecular formula is C28H26Cl2N4O2. The number of rotatable bonds is 6. The summed E-state index contributed by atoms with van der Waals surface area (Å²) in [4.78, 5) is 21.2. The van der Waals surface area contributed by atoms with Crippen LogP contribution in [0.1, 0.15) is 11.7 Å². The molecule has 4 aromatic rings. The summed E-state index contributed by atoms with van der Waals surface area (Å²) in [5, 5.41) is 1.06. The zero-order chi connectivity index (χ0) is 24.9. The number of benzene rings is 3. The number of anilines is 1. The van der Waals surface area contributed by atoms with Crippen molar-refractivity contribution in [1.29, 1.82) is 0 Å². The van der Waals surface area contributed by atoms with Gasteiger partial charge in [0, 0.05) is 44.3 Å². The fourth-order valence-electron chi connectivity index (χ4n) is 4.34. The molecule has 6 nitrogen and oxygen atoms in total. The highest BCUT2D eigenvalue weighted by Gasteiger charge is 2.26. The highest BCUT2D eigenvalue weighted by Crippen LogP contribution is 2.29. The van der Waals surface area contributed by atoms with Gasteiger partial charge >= 0.3 is 6.09 Å². The van der Waals surface area contributed by atoms with E-state index in [1.54, 1.807) is 23.5 Å². The molecule has 184 valence electrons. The predicted molar refractivity (Wildman–Crippen MR) is 144 cm³/mol. The zero-order valence-corrected chi connectivity index (χ0v) is 21.1. The molecule has 1 amide bonds. The van der Waals surface area contributed by atoms with E-state index in [1.807, 2.05) is 53.2 Å². The second-order valence-electron chi connectivity index (χ2n) is 8.69. The van der Waals surface area contributed by atoms with Crippen LogP contribution < -0.4 is 4.90 Å². The first kappa shape index (κ1) is 24.2. The summed E-state index contributed by atoms with van der Waals surface area (Å²) >= 11 is 12.2. The summed E-state index contributed by atoms with van der Waals surface area (Å²) in [6, 6.07) is 24.0. The van der Waals surface area contributed by atoms with Crippen LogP contribution in [0.5, 0.6) is 0 Å². The number of hydrogen-bond donors (Lipinski definition) is 0. The smallest absolute Gasteiger partial charge is 0.410 e. The highest BCUT2D eigenvalue weighted by atomic mass is 35.5. The van der Waals surface area contributed by atoms with Crippen molar-refractivity contribution in [3.8, 4) is 11.1 Å². The van der Waals surface area contributed by atoms with Gasteiger partial charge in [0.05, 0.1) is 22.9 Å². The number of amides is 1. The maximum atomic E-state index is 13.2. The molecule has 0 saturated carbocycles. The standard InChI is InChI=1S/C28H26Cl2N4O2/c29-25-11-10-24(18-26(25)30)33-14-16-34(17-15-33)28(35)36-27(19-32-13-12-31-20-32)23-8-6-22(7-9-23)21-4-2-1-3-5-21/h1-13,18,20,27H,14-17,19H2/t27-/m1/s1. The second-order valence-corrected chi connectivity index (χ2v) is 9.51. The lowest BCUT2D eigenvalue weighted by atomic mass is 10.0. The lowest BCUT2D eigenvalue weighted by Crippen LogP contribution is -2.49. The monoisotopic (exact) mass is 520 g/mol. The summed E-state index contributed by atoms with van der Waals surface area (Å²) < 4.78 is 7.97. The number of ether oxygens (including phenoxy) is 1. The minimum atomic E-state index is -0.440. The maximum absolute atomic E-state index is 13.2. The quantitative estimate of drug-likeness (QED) is 0.289. The van der Waals surface area contributed by atoms with Crippen molar-refractivity contribution in [2.45, 2.75) is 12.6 Å². The van der Waals surface area contributed by atoms with Crippen molar-refractivity contribution < 1.29 is 9.53 Å². The summed E-state index contributed by atoms with van der Waals surface area (Å²) in [6.07, 6.45) is 4.56. The normalized spacial score (nSPS) is 14.5. The van der Waals surface area contributed by atoms with Crippen molar-refractivity contribution >= 4 is 35.0 Å². The third-order valence-corrected chi connectivity index (χ3v) is 7.11. The van der Waals surface area contributed by atoms with Gasteiger partial charge in [0.25, 0.3) is 0 Å². The van der Waals surface area contributed by atoms with E-state index in [2.05, 4.69) is 34.1 Å². The molecule has 8 heteroatoms. The van der Waals surface area contributed by atoms with Gasteiger partial charge in [-0.1, -0.05) is 77.8 Å². The molecule has 0 spiro atoms. The van der Waals surface area contributed by atoms with Gasteiger partial charge in [0.2, 0.25) is 0 Å². The van der Waals surface area contributed by atoms with Crippen LogP contribution in [0, 0.1) is 0 Å². The predicted octanol–water partition coefficient (Wildman–Crippen LogP) is 6.56. The average Bonchev–Trinajstić information content (AvgIpc) is 3.44. The van der Waals surface area contributed by atoms with E-state index in [-0.39, 0.29) is 6.09 Å². The molecule has 0 bridgehead atoms. The molecule has 1 aliphatic rings. The topological polar surface area (TPSA) is 50.6 Å². The number of imidazole rings is 1. The van der Waals surface area contributed by atoms with Gasteiger partial charge in [-0.3, -0.25) is 0 Å². The lowest BCUT2D eigenvalue weighted by molar-refractivity contribution is 0.0530. The number of carbonyl (C=O) groups is 1. The molecule has 2 heterocycles. The number of nitrogens with zero attached hydrogens (tertiary/aromatic N) is 4. The Morgan fingerprint density at radius 3 is 2.28 bits per heavy atom. The molecule has 0 aliphatic carbocycles. The van der Waals surface area contributed by atoms with E-state index in [1.165, 1.54) is 0 Å². The van der Waals surface area contributed by atoms with Gasteiger partial charge < -0.3 is 19.1 Å². The van der Waals surface area contributed by atoms with Crippen LogP contribution in [0.2, 0.25) is 10.0 Å². The number of aromatic nitrogens is 2. The fraction of sp³-hybridized carbons (Fsp3) is 0.214. The third-order valence-electron chi connectivity index (χ3n) is 6.37. The maximum Gasteiger partial charge on any atom is 0.410 e. The van der Waals surface area contributed by atoms with Crippen LogP contribution in [-0.2, 0) is 11.3 Å². The van der Waals surface area contributed by atoms with E-state index >= 15 is 0 Å². The molecule has 1 aliphatic heterocycles. The molecule has 1 atom stereocenters. The van der Waals surface area contributed by atoms with Crippen LogP contribution in [0.25, 0.3) is 11.1 Å². The number of carbonyl (C=O) groups excluding carboxylic acids is 1. The van der Waals surface area contributed by atoms with Gasteiger partial charge in [-0.05, 0) is 34.9 Å². The molecule has 3 aromatic carbocycles. The van der Waals surface area contributed by atoms with Crippen molar-refractivity contribution in [2.24, 2.45) is 0 Å². The molecule has 0 radical (unpaired) electrons. The molecular weight excluding hydrogens is 495 g/mol. The van der Waals surface area contributed by atoms with Crippen molar-refractivity contribution in [2.75, 3.05) is 31.1 Å². The largest absolute Gasteiger partial charge is 0.439 e. The Labute approximate surface area is 220 Å². The SMILES string of the molecule is O=C(O[C@H](Cn1ccnc1)c1ccc(-c2ccccc2)cc1)N1CCN(c2ccc(Cl)c(Cl)c2)CC1. The van der Waals surface area contributed by atoms with E-state index < -0.39 is 6.10 Å². The third kappa shape index (κ3) is 5.66. The van der Waals surface area contributed by atoms with E-state index in [9.17, 15) is 4.79 Å². The zero-order valence-electron chi connectivity index (χ0n) is 19.6. The molecule has 0 unspecified atom stereocenters. The molecule has 0 N–H and O–H groups in total. The van der Waals surface area contributed by atoms with Gasteiger partial charge in [-0.25, -0.2) is 9.78 Å². The van der Waals surface area contributed by atoms with E-state index in [0.717, 1.165) is 22.4 Å². The fourth-order valence-corrected chi connectivity index (χ4v) is 4.64. The number of hydrogen-bond acceptors (Lipinski definition) is 4. The van der Waals surface area contributed by atoms with Crippen molar-refractivity contribution in [3.63, 3.8) is 0 Å². The first-order valence-electron chi connectivity index (χ1n) is 11.8. The Morgan fingerprint density at radius 2 is 1.61 bits per heavy atom. The molecule has 1 aromatic heterocycles. The molecule has 1 fully saturated rings. The van der Waals surface area contributed by atoms with Crippen LogP contribution >= 0.6 is 23.2 Å². The van der Waals surface area contributed by atoms with E-state index in [4.69, 9.17) is 27.9 Å². The van der Waals surface area contributed by atoms with Gasteiger partial charge in [-0.2, -0.15) is 0 Å². The minimum absolute atomic E-state index is 0.318. The first-order valence-corrected chi connectivity index (χ1v) is 12.6. The summed E-state index contributed by atoms with van der Waals surface area (Å²) in [7, 11) is 0. The average molecular weight is 521 g/mol. The second kappa shape index (κ2) is 11.1. The Kier molecular flexibility index (Phi) is 7.44. The van der Waals surface area contributed by atoms with Crippen LogP contribution in [0.15, 0.2) is 91.5 Å². The first-order chi connectivity index (χ1) is 17.6. The van der Waals surface area contributed by atoms with Gasteiger partial charge in [-0.15, -0.1) is 0 Å². The number of halogens is 2. The lowest BCUT2D eigenvalue weighted by Gasteiger charge is -2.36. The Balaban J connectivity index is 1.26. The van der Waals surface area contributed by atoms with Gasteiger partial charge in [0.15, 0.2) is 0 Å². The Hall–Kier alpha value is -3.48. The van der Waals surface area contributed by atoms with E-state index in [0.29, 0.717) is 42.8 Å². The molecule has 1 saturated heterocycles. The number of piperazine rings is 1. The van der Waals surface area contributed by atoms with Crippen LogP contribution in [0.3, 0.4) is 0 Å². The summed E-state index contributed by atoms with van der Waals surface area (Å²) in [5.74, 6) is 0. The Morgan fingerprint density at radius 1 is 0.889 bits per heavy atom. The van der Waals surface area contributed by atoms with Crippen molar-refractivity contribution in [3.05, 3.63) is 107 Å². The van der Waals surface area contributed by atoms with Gasteiger partial charge in [0.1, 0.15) is 6.10 Å². The molecule has 36 heavy (non-hydrogen) atoms. The van der Waals surface area contributed by atoms with Crippen LogP contribution in [0.4, 0.5) is 10.5 Å². The Bertz CT molecular complexity index is 1290. The highest BCUT2D eigenvalue weighted by molar-refractivity contribution is 6.42. The summed E-state index contributed by atoms with van der Waals surface area (Å²) in [6.45, 7) is 2.98. The minimum Gasteiger partial charge on any atom is -0.439 e. The van der Waals surface area contributed by atoms with Crippen LogP contribution in [-0.4, -0.2) is 46.7 Å². The molecule has 5 rings (SSSR count). The van der Waals surface area contributed by atoms with Crippen molar-refractivity contribution in [1.82, 2.24) is 14.5 Å².